The Labute approximate surface area is 84.9 Å². The molecule has 0 radical (unpaired) electrons. The third-order valence-corrected chi connectivity index (χ3v) is 2.17. The molecule has 0 spiro atoms. The van der Waals surface area contributed by atoms with E-state index < -0.39 is 0 Å². The molecule has 0 aromatic heterocycles. The summed E-state index contributed by atoms with van der Waals surface area (Å²) in [5.41, 5.74) is 5.31. The zero-order valence-corrected chi connectivity index (χ0v) is 9.23. The van der Waals surface area contributed by atoms with Crippen LogP contribution >= 0.6 is 24.4 Å². The first-order chi connectivity index (χ1) is 5.54. The normalized spacial score (nSPS) is 9.92. The van der Waals surface area contributed by atoms with E-state index in [1.165, 1.54) is 6.42 Å². The summed E-state index contributed by atoms with van der Waals surface area (Å²) >= 11 is 9.57. The van der Waals surface area contributed by atoms with Gasteiger partial charge in [-0.3, -0.25) is 0 Å². The molecule has 0 aromatic rings. The fourth-order valence-electron chi connectivity index (χ4n) is 0.799. The van der Waals surface area contributed by atoms with E-state index in [4.69, 9.17) is 30.2 Å². The molecule has 0 aromatic carbocycles. The predicted molar refractivity (Wildman–Crippen MR) is 61.5 cm³/mol. The van der Waals surface area contributed by atoms with Gasteiger partial charge in [-0.15, -0.1) is 0 Å². The second-order valence-corrected chi connectivity index (χ2v) is 4.00. The maximum atomic E-state index is 5.31. The highest BCUT2D eigenvalue weighted by atomic mass is 32.1. The maximum Gasteiger partial charge on any atom is 0.133 e. The highest BCUT2D eigenvalue weighted by molar-refractivity contribution is 7.89. The highest BCUT2D eigenvalue weighted by Crippen LogP contribution is 2.01. The van der Waals surface area contributed by atoms with Crippen LogP contribution in [0.25, 0.3) is 0 Å². The van der Waals surface area contributed by atoms with Crippen molar-refractivity contribution in [3.8, 4) is 0 Å². The van der Waals surface area contributed by atoms with Gasteiger partial charge < -0.3 is 11.1 Å². The first-order valence-electron chi connectivity index (χ1n) is 4.11. The quantitative estimate of drug-likeness (QED) is 0.539. The minimum absolute atomic E-state index is 0.287. The Kier molecular flexibility index (Phi) is 6.20. The van der Waals surface area contributed by atoms with Gasteiger partial charge in [0.15, 0.2) is 0 Å². The molecule has 70 valence electrons. The molecule has 4 heteroatoms. The number of nitrogens with one attached hydrogen (secondary N) is 1. The van der Waals surface area contributed by atoms with Crippen molar-refractivity contribution in [2.24, 2.45) is 11.7 Å². The molecule has 0 heterocycles. The lowest BCUT2D eigenvalue weighted by molar-refractivity contribution is 0.552. The fourth-order valence-corrected chi connectivity index (χ4v) is 0.974. The van der Waals surface area contributed by atoms with Crippen LogP contribution in [0, 0.1) is 5.92 Å². The molecule has 0 amide bonds. The lowest BCUT2D eigenvalue weighted by Gasteiger charge is -2.07. The Bertz CT molecular complexity index is 166. The molecule has 0 aliphatic rings. The number of thiocarbonyl (C=S) groups is 2. The molecule has 0 aliphatic carbocycles. The molecule has 0 unspecified atom stereocenters. The van der Waals surface area contributed by atoms with E-state index in [0.29, 0.717) is 4.99 Å². The van der Waals surface area contributed by atoms with E-state index in [1.54, 1.807) is 0 Å². The summed E-state index contributed by atoms with van der Waals surface area (Å²) in [5, 5.41) is 3.00. The van der Waals surface area contributed by atoms with E-state index in [-0.39, 0.29) is 4.99 Å². The average molecular weight is 204 g/mol. The number of rotatable bonds is 4. The molecular weight excluding hydrogens is 188 g/mol. The molecule has 0 atom stereocenters. The first kappa shape index (κ1) is 11.8. The van der Waals surface area contributed by atoms with E-state index >= 15 is 0 Å². The number of hydrogen-bond donors (Lipinski definition) is 2. The molecular formula is C8H16N2S2. The van der Waals surface area contributed by atoms with E-state index in [1.807, 2.05) is 0 Å². The average Bonchev–Trinajstić information content (AvgIpc) is 1.97. The Balaban J connectivity index is 3.32. The van der Waals surface area contributed by atoms with E-state index in [2.05, 4.69) is 19.2 Å². The second-order valence-electron chi connectivity index (χ2n) is 3.16. The van der Waals surface area contributed by atoms with Crippen molar-refractivity contribution in [3.05, 3.63) is 0 Å². The molecule has 0 saturated heterocycles. The third kappa shape index (κ3) is 6.49. The van der Waals surface area contributed by atoms with Crippen LogP contribution in [0.15, 0.2) is 0 Å². The van der Waals surface area contributed by atoms with Gasteiger partial charge in [0.05, 0.1) is 0 Å². The lowest BCUT2D eigenvalue weighted by Crippen LogP contribution is -2.33. The summed E-state index contributed by atoms with van der Waals surface area (Å²) in [5.74, 6) is 0.741. The van der Waals surface area contributed by atoms with Gasteiger partial charge in [-0.05, 0) is 18.8 Å². The van der Waals surface area contributed by atoms with Crippen molar-refractivity contribution >= 4 is 34.4 Å². The van der Waals surface area contributed by atoms with Crippen molar-refractivity contribution in [1.82, 2.24) is 5.32 Å². The third-order valence-electron chi connectivity index (χ3n) is 1.47. The summed E-state index contributed by atoms with van der Waals surface area (Å²) in [6, 6.07) is 0. The first-order valence-corrected chi connectivity index (χ1v) is 4.93. The van der Waals surface area contributed by atoms with Gasteiger partial charge in [0.1, 0.15) is 9.98 Å². The van der Waals surface area contributed by atoms with Crippen molar-refractivity contribution in [2.45, 2.75) is 26.7 Å². The van der Waals surface area contributed by atoms with Crippen molar-refractivity contribution in [1.29, 1.82) is 0 Å². The Morgan fingerprint density at radius 3 is 2.42 bits per heavy atom. The monoisotopic (exact) mass is 204 g/mol. The summed E-state index contributed by atoms with van der Waals surface area (Å²) in [4.78, 5) is 0.795. The Morgan fingerprint density at radius 1 is 1.42 bits per heavy atom. The maximum absolute atomic E-state index is 5.31. The summed E-state index contributed by atoms with van der Waals surface area (Å²) in [6.07, 6.45) is 2.31. The standard InChI is InChI=1S/C8H16N2S2/c1-6(2)4-3-5-10-8(12)7(9)11/h6H,3-5H2,1-2H3,(H2,9,11)(H,10,12). The zero-order chi connectivity index (χ0) is 9.56. The van der Waals surface area contributed by atoms with Gasteiger partial charge in [-0.25, -0.2) is 0 Å². The van der Waals surface area contributed by atoms with Gasteiger partial charge in [-0.1, -0.05) is 38.3 Å². The van der Waals surface area contributed by atoms with Crippen molar-refractivity contribution in [2.75, 3.05) is 6.54 Å². The van der Waals surface area contributed by atoms with Crippen LogP contribution in [0.4, 0.5) is 0 Å². The van der Waals surface area contributed by atoms with Crippen molar-refractivity contribution < 1.29 is 0 Å². The predicted octanol–water partition coefficient (Wildman–Crippen LogP) is 1.63. The number of hydrogen-bond acceptors (Lipinski definition) is 2. The van der Waals surface area contributed by atoms with Crippen LogP contribution in [-0.4, -0.2) is 16.5 Å². The molecule has 0 fully saturated rings. The summed E-state index contributed by atoms with van der Waals surface area (Å²) in [6.45, 7) is 5.27. The molecule has 0 saturated carbocycles. The Morgan fingerprint density at radius 2 is 2.00 bits per heavy atom. The zero-order valence-electron chi connectivity index (χ0n) is 7.59. The molecule has 12 heavy (non-hydrogen) atoms. The van der Waals surface area contributed by atoms with Gasteiger partial charge in [0.2, 0.25) is 0 Å². The van der Waals surface area contributed by atoms with Crippen LogP contribution in [0.5, 0.6) is 0 Å². The fraction of sp³-hybridized carbons (Fsp3) is 0.750. The highest BCUT2D eigenvalue weighted by Gasteiger charge is 1.98. The van der Waals surface area contributed by atoms with Crippen LogP contribution in [0.2, 0.25) is 0 Å². The molecule has 0 bridgehead atoms. The van der Waals surface area contributed by atoms with E-state index in [9.17, 15) is 0 Å². The Hall–Kier alpha value is -0.220. The molecule has 0 rings (SSSR count). The molecule has 0 aliphatic heterocycles. The molecule has 2 nitrogen and oxygen atoms in total. The topological polar surface area (TPSA) is 38.0 Å². The smallest absolute Gasteiger partial charge is 0.133 e. The largest absolute Gasteiger partial charge is 0.388 e. The van der Waals surface area contributed by atoms with Gasteiger partial charge >= 0.3 is 0 Å². The lowest BCUT2D eigenvalue weighted by atomic mass is 10.1. The van der Waals surface area contributed by atoms with Crippen LogP contribution in [-0.2, 0) is 0 Å². The minimum atomic E-state index is 0.287. The summed E-state index contributed by atoms with van der Waals surface area (Å²) in [7, 11) is 0. The minimum Gasteiger partial charge on any atom is -0.388 e. The van der Waals surface area contributed by atoms with Gasteiger partial charge in [0, 0.05) is 6.54 Å². The van der Waals surface area contributed by atoms with Gasteiger partial charge in [-0.2, -0.15) is 0 Å². The van der Waals surface area contributed by atoms with Crippen LogP contribution in [0.3, 0.4) is 0 Å². The molecule has 3 N–H and O–H groups in total. The van der Waals surface area contributed by atoms with E-state index in [0.717, 1.165) is 18.9 Å². The van der Waals surface area contributed by atoms with Crippen molar-refractivity contribution in [3.63, 3.8) is 0 Å². The number of nitrogens with two attached hydrogens (primary N) is 1. The van der Waals surface area contributed by atoms with Gasteiger partial charge in [0.25, 0.3) is 0 Å². The van der Waals surface area contributed by atoms with Crippen LogP contribution < -0.4 is 11.1 Å². The summed E-state index contributed by atoms with van der Waals surface area (Å²) < 4.78 is 0. The van der Waals surface area contributed by atoms with Crippen LogP contribution in [0.1, 0.15) is 26.7 Å². The SMILES string of the molecule is CC(C)CCCNC(=S)C(N)=S. The second kappa shape index (κ2) is 6.31.